The predicted octanol–water partition coefficient (Wildman–Crippen LogP) is 2.79. The first-order chi connectivity index (χ1) is 13.6. The number of rotatable bonds is 7. The van der Waals surface area contributed by atoms with Crippen molar-refractivity contribution in [3.8, 4) is 0 Å². The van der Waals surface area contributed by atoms with E-state index in [9.17, 15) is 9.59 Å². The van der Waals surface area contributed by atoms with Crippen molar-refractivity contribution >= 4 is 41.9 Å². The van der Waals surface area contributed by atoms with Gasteiger partial charge in [-0.1, -0.05) is 6.08 Å². The van der Waals surface area contributed by atoms with Crippen molar-refractivity contribution in [3.05, 3.63) is 12.7 Å². The van der Waals surface area contributed by atoms with Crippen LogP contribution in [0.15, 0.2) is 17.6 Å². The van der Waals surface area contributed by atoms with Crippen LogP contribution in [0.3, 0.4) is 0 Å². The third kappa shape index (κ3) is 10.5. The van der Waals surface area contributed by atoms with Gasteiger partial charge in [0.1, 0.15) is 12.1 Å². The van der Waals surface area contributed by atoms with Crippen molar-refractivity contribution in [2.24, 2.45) is 10.9 Å². The molecule has 0 aliphatic carbocycles. The highest BCUT2D eigenvalue weighted by atomic mass is 127. The van der Waals surface area contributed by atoms with Crippen LogP contribution in [0, 0.1) is 5.92 Å². The number of ether oxygens (including phenoxy) is 1. The van der Waals surface area contributed by atoms with Crippen LogP contribution in [0.4, 0.5) is 4.79 Å². The number of carbonyl (C=O) groups excluding carboxylic acids is 2. The Kier molecular flexibility index (Phi) is 13.0. The van der Waals surface area contributed by atoms with E-state index in [0.717, 1.165) is 31.9 Å². The molecule has 1 fully saturated rings. The van der Waals surface area contributed by atoms with Crippen LogP contribution in [0.25, 0.3) is 0 Å². The van der Waals surface area contributed by atoms with Crippen molar-refractivity contribution in [2.75, 3.05) is 53.4 Å². The van der Waals surface area contributed by atoms with Crippen LogP contribution >= 0.6 is 24.0 Å². The number of nitrogens with one attached hydrogen (secondary N) is 1. The smallest absolute Gasteiger partial charge is 0.410 e. The van der Waals surface area contributed by atoms with Gasteiger partial charge in [0, 0.05) is 46.8 Å². The highest BCUT2D eigenvalue weighted by Gasteiger charge is 2.27. The average molecular weight is 537 g/mol. The number of guanidine groups is 1. The summed E-state index contributed by atoms with van der Waals surface area (Å²) in [6, 6.07) is 0. The number of amides is 2. The molecule has 0 aromatic carbocycles. The summed E-state index contributed by atoms with van der Waals surface area (Å²) in [5, 5.41) is 3.25. The van der Waals surface area contributed by atoms with Crippen molar-refractivity contribution < 1.29 is 14.3 Å². The molecule has 9 heteroatoms. The zero-order valence-corrected chi connectivity index (χ0v) is 21.8. The molecule has 0 radical (unpaired) electrons. The van der Waals surface area contributed by atoms with E-state index in [1.54, 1.807) is 25.1 Å². The van der Waals surface area contributed by atoms with E-state index in [4.69, 9.17) is 4.74 Å². The molecule has 0 unspecified atom stereocenters. The van der Waals surface area contributed by atoms with Gasteiger partial charge < -0.3 is 24.8 Å². The van der Waals surface area contributed by atoms with Crippen molar-refractivity contribution in [3.63, 3.8) is 0 Å². The van der Waals surface area contributed by atoms with Gasteiger partial charge in [0.2, 0.25) is 5.91 Å². The molecule has 2 amide bonds. The number of hydrogen-bond donors (Lipinski definition) is 1. The first-order valence-corrected chi connectivity index (χ1v) is 10.4. The number of carbonyl (C=O) groups is 2. The topological polar surface area (TPSA) is 77.5 Å². The van der Waals surface area contributed by atoms with Gasteiger partial charge >= 0.3 is 6.09 Å². The summed E-state index contributed by atoms with van der Waals surface area (Å²) in [6.45, 7) is 15.1. The monoisotopic (exact) mass is 537 g/mol. The van der Waals surface area contributed by atoms with E-state index in [1.807, 2.05) is 27.7 Å². The molecule has 1 N–H and O–H groups in total. The summed E-state index contributed by atoms with van der Waals surface area (Å²) in [5.41, 5.74) is -0.486. The summed E-state index contributed by atoms with van der Waals surface area (Å²) in [6.07, 6.45) is 3.43. The molecule has 1 saturated heterocycles. The molecule has 0 aromatic heterocycles. The quantitative estimate of drug-likeness (QED) is 0.234. The van der Waals surface area contributed by atoms with E-state index in [0.29, 0.717) is 25.6 Å². The SMILES string of the molecule is C=CCNC(=NCC(=O)N(C)C)N1CCC(CN(CC)C(=O)OC(C)(C)C)CC1.I. The predicted molar refractivity (Wildman–Crippen MR) is 132 cm³/mol. The standard InChI is InChI=1S/C21H39N5O3.HI/c1-8-12-22-19(23-15-18(27)24(6)7)26-13-10-17(11-14-26)16-25(9-2)20(28)29-21(3,4)5;/h8,17H,1,9-16H2,2-7H3,(H,22,23);1H. The molecule has 8 nitrogen and oxygen atoms in total. The molecule has 0 aromatic rings. The third-order valence-electron chi connectivity index (χ3n) is 4.69. The maximum absolute atomic E-state index is 12.4. The summed E-state index contributed by atoms with van der Waals surface area (Å²) in [7, 11) is 3.45. The Bertz CT molecular complexity index is 582. The fourth-order valence-electron chi connectivity index (χ4n) is 3.01. The summed E-state index contributed by atoms with van der Waals surface area (Å²) < 4.78 is 5.51. The number of piperidine rings is 1. The van der Waals surface area contributed by atoms with Gasteiger partial charge in [0.15, 0.2) is 5.96 Å². The highest BCUT2D eigenvalue weighted by molar-refractivity contribution is 14.0. The molecule has 0 atom stereocenters. The molecular weight excluding hydrogens is 497 g/mol. The van der Waals surface area contributed by atoms with Gasteiger partial charge in [-0.05, 0) is 46.5 Å². The number of halogens is 1. The zero-order valence-electron chi connectivity index (χ0n) is 19.4. The fourth-order valence-corrected chi connectivity index (χ4v) is 3.01. The minimum absolute atomic E-state index is 0. The molecule has 1 aliphatic heterocycles. The van der Waals surface area contributed by atoms with E-state index in [2.05, 4.69) is 21.8 Å². The number of likely N-dealkylation sites (tertiary alicyclic amines) is 1. The molecule has 0 bridgehead atoms. The van der Waals surface area contributed by atoms with Gasteiger partial charge in [0.05, 0.1) is 0 Å². The summed E-state index contributed by atoms with van der Waals surface area (Å²) >= 11 is 0. The Morgan fingerprint density at radius 3 is 2.33 bits per heavy atom. The molecule has 1 rings (SSSR count). The molecule has 174 valence electrons. The summed E-state index contributed by atoms with van der Waals surface area (Å²) in [4.78, 5) is 34.2. The van der Waals surface area contributed by atoms with Gasteiger partial charge in [0.25, 0.3) is 0 Å². The maximum Gasteiger partial charge on any atom is 0.410 e. The lowest BCUT2D eigenvalue weighted by molar-refractivity contribution is -0.127. The van der Waals surface area contributed by atoms with Gasteiger partial charge in [-0.25, -0.2) is 9.79 Å². The minimum Gasteiger partial charge on any atom is -0.444 e. The van der Waals surface area contributed by atoms with E-state index in [-0.39, 0.29) is 42.5 Å². The maximum atomic E-state index is 12.4. The van der Waals surface area contributed by atoms with E-state index < -0.39 is 5.60 Å². The van der Waals surface area contributed by atoms with Crippen LogP contribution in [0.1, 0.15) is 40.5 Å². The lowest BCUT2D eigenvalue weighted by Crippen LogP contribution is -2.48. The minimum atomic E-state index is -0.486. The lowest BCUT2D eigenvalue weighted by Gasteiger charge is -2.36. The van der Waals surface area contributed by atoms with Crippen LogP contribution < -0.4 is 5.32 Å². The van der Waals surface area contributed by atoms with E-state index >= 15 is 0 Å². The second-order valence-electron chi connectivity index (χ2n) is 8.55. The van der Waals surface area contributed by atoms with Crippen LogP contribution in [0.5, 0.6) is 0 Å². The highest BCUT2D eigenvalue weighted by Crippen LogP contribution is 2.20. The lowest BCUT2D eigenvalue weighted by atomic mass is 9.96. The molecule has 0 spiro atoms. The second-order valence-corrected chi connectivity index (χ2v) is 8.55. The first kappa shape index (κ1) is 28.5. The average Bonchev–Trinajstić information content (AvgIpc) is 2.65. The van der Waals surface area contributed by atoms with Crippen molar-refractivity contribution in [1.82, 2.24) is 20.0 Å². The van der Waals surface area contributed by atoms with Crippen LogP contribution in [-0.2, 0) is 9.53 Å². The van der Waals surface area contributed by atoms with Crippen molar-refractivity contribution in [2.45, 2.75) is 46.1 Å². The van der Waals surface area contributed by atoms with Gasteiger partial charge in [-0.2, -0.15) is 0 Å². The molecule has 1 heterocycles. The zero-order chi connectivity index (χ0) is 22.0. The normalized spacial score (nSPS) is 15.1. The Morgan fingerprint density at radius 2 is 1.87 bits per heavy atom. The van der Waals surface area contributed by atoms with E-state index in [1.165, 1.54) is 4.90 Å². The number of hydrogen-bond acceptors (Lipinski definition) is 4. The number of nitrogens with zero attached hydrogens (tertiary/aromatic N) is 4. The van der Waals surface area contributed by atoms with Crippen LogP contribution in [0.2, 0.25) is 0 Å². The number of aliphatic imine (C=N–C) groups is 1. The van der Waals surface area contributed by atoms with Gasteiger partial charge in [-0.15, -0.1) is 30.6 Å². The summed E-state index contributed by atoms with van der Waals surface area (Å²) in [5.74, 6) is 1.12. The van der Waals surface area contributed by atoms with Gasteiger partial charge in [-0.3, -0.25) is 4.79 Å². The Balaban J connectivity index is 0.00000841. The molecule has 1 aliphatic rings. The van der Waals surface area contributed by atoms with Crippen molar-refractivity contribution in [1.29, 1.82) is 0 Å². The first-order valence-electron chi connectivity index (χ1n) is 10.4. The molecular formula is C21H40IN5O3. The second kappa shape index (κ2) is 13.7. The number of likely N-dealkylation sites (N-methyl/N-ethyl adjacent to an activating group) is 1. The largest absolute Gasteiger partial charge is 0.444 e. The Hall–Kier alpha value is -1.52. The third-order valence-corrected chi connectivity index (χ3v) is 4.69. The fraction of sp³-hybridized carbons (Fsp3) is 0.762. The molecule has 30 heavy (non-hydrogen) atoms. The Morgan fingerprint density at radius 1 is 1.27 bits per heavy atom. The molecule has 0 saturated carbocycles. The van der Waals surface area contributed by atoms with Crippen LogP contribution in [-0.4, -0.2) is 91.6 Å². The Labute approximate surface area is 199 Å².